The Morgan fingerprint density at radius 2 is 2.13 bits per heavy atom. The van der Waals surface area contributed by atoms with Crippen LogP contribution in [-0.4, -0.2) is 39.3 Å². The normalized spacial score (nSPS) is 16.4. The number of rotatable bonds is 7. The molecule has 0 spiro atoms. The number of methoxy groups -OCH3 is 1. The largest absolute Gasteiger partial charge is 0.384 e. The summed E-state index contributed by atoms with van der Waals surface area (Å²) in [5, 5.41) is 6.47. The van der Waals surface area contributed by atoms with Crippen LogP contribution in [0.3, 0.4) is 0 Å². The third-order valence-electron chi connectivity index (χ3n) is 4.31. The maximum atomic E-state index is 12.1. The molecule has 0 atom stereocenters. The molecule has 1 heterocycles. The Labute approximate surface area is 153 Å². The minimum atomic E-state index is 0. The van der Waals surface area contributed by atoms with Gasteiger partial charge in [0.15, 0.2) is 0 Å². The van der Waals surface area contributed by atoms with Crippen LogP contribution >= 0.6 is 28.3 Å². The van der Waals surface area contributed by atoms with Crippen LogP contribution in [0.4, 0.5) is 0 Å². The predicted octanol–water partition coefficient (Wildman–Crippen LogP) is 2.94. The molecule has 4 nitrogen and oxygen atoms in total. The summed E-state index contributed by atoms with van der Waals surface area (Å²) < 4.78 is 6.43. The molecule has 1 fully saturated rings. The van der Waals surface area contributed by atoms with Gasteiger partial charge in [0.25, 0.3) is 0 Å². The highest BCUT2D eigenvalue weighted by Gasteiger charge is 2.32. The van der Waals surface area contributed by atoms with E-state index < -0.39 is 0 Å². The Hall–Kier alpha value is -0.620. The number of nitrogens with one attached hydrogen (secondary N) is 2. The highest BCUT2D eigenvalue weighted by molar-refractivity contribution is 9.10. The first kappa shape index (κ1) is 20.4. The average molecular weight is 406 g/mol. The lowest BCUT2D eigenvalue weighted by Gasteiger charge is -2.37. The van der Waals surface area contributed by atoms with Crippen molar-refractivity contribution in [1.29, 1.82) is 0 Å². The molecule has 0 aromatic heterocycles. The number of piperidine rings is 1. The number of carbonyl (C=O) groups excluding carboxylic acids is 1. The zero-order valence-electron chi connectivity index (χ0n) is 13.6. The van der Waals surface area contributed by atoms with E-state index in [1.165, 1.54) is 5.56 Å². The van der Waals surface area contributed by atoms with Crippen molar-refractivity contribution in [3.8, 4) is 0 Å². The molecule has 0 unspecified atom stereocenters. The summed E-state index contributed by atoms with van der Waals surface area (Å²) in [6.07, 6.45) is 3.39. The maximum absolute atomic E-state index is 12.1. The van der Waals surface area contributed by atoms with Crippen LogP contribution in [0.5, 0.6) is 0 Å². The highest BCUT2D eigenvalue weighted by Crippen LogP contribution is 2.28. The number of benzene rings is 1. The molecule has 23 heavy (non-hydrogen) atoms. The van der Waals surface area contributed by atoms with Gasteiger partial charge in [0.1, 0.15) is 0 Å². The van der Waals surface area contributed by atoms with Gasteiger partial charge < -0.3 is 15.4 Å². The average Bonchev–Trinajstić information content (AvgIpc) is 2.52. The smallest absolute Gasteiger partial charge is 0.220 e. The van der Waals surface area contributed by atoms with E-state index in [4.69, 9.17) is 4.74 Å². The van der Waals surface area contributed by atoms with E-state index in [9.17, 15) is 4.79 Å². The van der Waals surface area contributed by atoms with Crippen molar-refractivity contribution in [1.82, 2.24) is 10.6 Å². The number of ether oxygens (including phenoxy) is 1. The molecule has 1 amide bonds. The summed E-state index contributed by atoms with van der Waals surface area (Å²) in [6, 6.07) is 8.11. The first-order valence-corrected chi connectivity index (χ1v) is 8.64. The number of hydrogen-bond donors (Lipinski definition) is 2. The third kappa shape index (κ3) is 6.79. The summed E-state index contributed by atoms with van der Waals surface area (Å²) in [7, 11) is 1.73. The van der Waals surface area contributed by atoms with E-state index in [0.29, 0.717) is 19.6 Å². The number of carbonyl (C=O) groups is 1. The van der Waals surface area contributed by atoms with E-state index in [0.717, 1.165) is 36.8 Å². The Balaban J connectivity index is 0.00000264. The molecule has 1 aliphatic rings. The van der Waals surface area contributed by atoms with Crippen LogP contribution in [0, 0.1) is 5.41 Å². The van der Waals surface area contributed by atoms with Crippen molar-refractivity contribution in [2.45, 2.75) is 25.7 Å². The fraction of sp³-hybridized carbons (Fsp3) is 0.588. The molecule has 1 saturated heterocycles. The monoisotopic (exact) mass is 404 g/mol. The Morgan fingerprint density at radius 1 is 1.39 bits per heavy atom. The first-order valence-electron chi connectivity index (χ1n) is 7.84. The fourth-order valence-electron chi connectivity index (χ4n) is 2.96. The maximum Gasteiger partial charge on any atom is 0.220 e. The SMILES string of the molecule is COCC1(CNC(=O)CCc2cccc(Br)c2)CCNCC1.Cl. The van der Waals surface area contributed by atoms with Crippen molar-refractivity contribution >= 4 is 34.2 Å². The van der Waals surface area contributed by atoms with Gasteiger partial charge in [-0.15, -0.1) is 12.4 Å². The first-order chi connectivity index (χ1) is 10.6. The third-order valence-corrected chi connectivity index (χ3v) is 4.80. The Bertz CT molecular complexity index is 488. The van der Waals surface area contributed by atoms with E-state index in [-0.39, 0.29) is 23.7 Å². The number of halogens is 2. The molecule has 0 saturated carbocycles. The molecule has 0 bridgehead atoms. The second-order valence-corrected chi connectivity index (χ2v) is 7.01. The van der Waals surface area contributed by atoms with Gasteiger partial charge in [0.05, 0.1) is 6.61 Å². The minimum absolute atomic E-state index is 0. The van der Waals surface area contributed by atoms with E-state index >= 15 is 0 Å². The number of amides is 1. The van der Waals surface area contributed by atoms with Crippen LogP contribution in [-0.2, 0) is 16.0 Å². The van der Waals surface area contributed by atoms with Gasteiger partial charge >= 0.3 is 0 Å². The van der Waals surface area contributed by atoms with Crippen LogP contribution in [0.25, 0.3) is 0 Å². The summed E-state index contributed by atoms with van der Waals surface area (Å²) >= 11 is 3.46. The minimum Gasteiger partial charge on any atom is -0.384 e. The molecule has 1 aromatic carbocycles. The zero-order chi connectivity index (χ0) is 15.8. The van der Waals surface area contributed by atoms with E-state index in [1.54, 1.807) is 7.11 Å². The summed E-state index contributed by atoms with van der Waals surface area (Å²) in [4.78, 5) is 12.1. The lowest BCUT2D eigenvalue weighted by molar-refractivity contribution is -0.122. The summed E-state index contributed by atoms with van der Waals surface area (Å²) in [6.45, 7) is 3.41. The summed E-state index contributed by atoms with van der Waals surface area (Å²) in [5.41, 5.74) is 1.27. The van der Waals surface area contributed by atoms with Gasteiger partial charge in [-0.3, -0.25) is 4.79 Å². The van der Waals surface area contributed by atoms with Gasteiger partial charge in [0, 0.05) is 30.0 Å². The van der Waals surface area contributed by atoms with Crippen molar-refractivity contribution in [3.05, 3.63) is 34.3 Å². The number of hydrogen-bond acceptors (Lipinski definition) is 3. The zero-order valence-corrected chi connectivity index (χ0v) is 16.0. The molecule has 1 aliphatic heterocycles. The lowest BCUT2D eigenvalue weighted by atomic mass is 9.79. The molecule has 0 aliphatic carbocycles. The Morgan fingerprint density at radius 3 is 2.78 bits per heavy atom. The van der Waals surface area contributed by atoms with Gasteiger partial charge in [-0.25, -0.2) is 0 Å². The second-order valence-electron chi connectivity index (χ2n) is 6.09. The topological polar surface area (TPSA) is 50.4 Å². The molecular formula is C17H26BrClN2O2. The number of aryl methyl sites for hydroxylation is 1. The van der Waals surface area contributed by atoms with E-state index in [2.05, 4.69) is 38.7 Å². The second kappa shape index (κ2) is 10.3. The fourth-order valence-corrected chi connectivity index (χ4v) is 3.41. The van der Waals surface area contributed by atoms with Crippen molar-refractivity contribution < 1.29 is 9.53 Å². The van der Waals surface area contributed by atoms with Gasteiger partial charge in [-0.05, 0) is 50.0 Å². The lowest BCUT2D eigenvalue weighted by Crippen LogP contribution is -2.47. The quantitative estimate of drug-likeness (QED) is 0.733. The van der Waals surface area contributed by atoms with Crippen LogP contribution in [0.1, 0.15) is 24.8 Å². The summed E-state index contributed by atoms with van der Waals surface area (Å²) in [5.74, 6) is 0.119. The van der Waals surface area contributed by atoms with Gasteiger partial charge in [-0.1, -0.05) is 28.1 Å². The van der Waals surface area contributed by atoms with E-state index in [1.807, 2.05) is 12.1 Å². The molecule has 1 aromatic rings. The van der Waals surface area contributed by atoms with Crippen LogP contribution in [0.2, 0.25) is 0 Å². The molecule has 2 rings (SSSR count). The molecule has 130 valence electrons. The Kier molecular flexibility index (Phi) is 9.14. The van der Waals surface area contributed by atoms with Gasteiger partial charge in [0.2, 0.25) is 5.91 Å². The van der Waals surface area contributed by atoms with Crippen molar-refractivity contribution in [3.63, 3.8) is 0 Å². The molecule has 0 radical (unpaired) electrons. The molecule has 2 N–H and O–H groups in total. The van der Waals surface area contributed by atoms with Crippen molar-refractivity contribution in [2.24, 2.45) is 5.41 Å². The molecule has 6 heteroatoms. The standard InChI is InChI=1S/C17H25BrN2O2.ClH/c1-22-13-17(7-9-19-10-8-17)12-20-16(21)6-5-14-3-2-4-15(18)11-14;/h2-4,11,19H,5-10,12-13H2,1H3,(H,20,21);1H. The van der Waals surface area contributed by atoms with Gasteiger partial charge in [-0.2, -0.15) is 0 Å². The predicted molar refractivity (Wildman–Crippen MR) is 99.1 cm³/mol. The molecular weight excluding hydrogens is 380 g/mol. The highest BCUT2D eigenvalue weighted by atomic mass is 79.9. The van der Waals surface area contributed by atoms with Crippen molar-refractivity contribution in [2.75, 3.05) is 33.4 Å². The van der Waals surface area contributed by atoms with Crippen LogP contribution < -0.4 is 10.6 Å². The van der Waals surface area contributed by atoms with Crippen LogP contribution in [0.15, 0.2) is 28.7 Å².